The molecule has 46 heavy (non-hydrogen) atoms. The van der Waals surface area contributed by atoms with Gasteiger partial charge in [-0.3, -0.25) is 14.9 Å². The molecule has 0 aliphatic rings. The highest BCUT2D eigenvalue weighted by Gasteiger charge is 2.24. The van der Waals surface area contributed by atoms with Crippen LogP contribution in [-0.4, -0.2) is 41.3 Å². The predicted octanol–water partition coefficient (Wildman–Crippen LogP) is 5.65. The molecule has 5 aromatic rings. The molecule has 1 aromatic heterocycles. The number of rotatable bonds is 13. The molecule has 0 saturated heterocycles. The van der Waals surface area contributed by atoms with Gasteiger partial charge in [0, 0.05) is 35.2 Å². The van der Waals surface area contributed by atoms with Crippen molar-refractivity contribution in [2.75, 3.05) is 7.11 Å². The van der Waals surface area contributed by atoms with Gasteiger partial charge in [-0.05, 0) is 28.8 Å². The number of hydrazone groups is 1. The second-order valence-corrected chi connectivity index (χ2v) is 10.2. The molecule has 0 spiro atoms. The number of carbonyl (C=O) groups excluding carboxylic acids is 2. The topological polar surface area (TPSA) is 157 Å². The Balaban J connectivity index is 1.31. The third kappa shape index (κ3) is 8.05. The standard InChI is InChI=1S/C34H31N5O7/c1-44-31-17-25(16-30(39(42)43)32(31)45-21-23-10-4-2-5-11-23)19-36-38-33(40)29(18-26-20-35-28-15-9-8-14-27(26)28)37-34(41)46-22-24-12-6-3-7-13-24/h2-17,19-20,29,35H,18,21-22H2,1H3,(H,37,41)(H,38,40)/b36-19+. The number of benzene rings is 4. The van der Waals surface area contributed by atoms with Gasteiger partial charge in [0.15, 0.2) is 5.75 Å². The Hall–Kier alpha value is -6.17. The smallest absolute Gasteiger partial charge is 0.408 e. The number of nitro benzene ring substituents is 1. The van der Waals surface area contributed by atoms with Crippen molar-refractivity contribution in [2.45, 2.75) is 25.7 Å². The van der Waals surface area contributed by atoms with Gasteiger partial charge in [-0.2, -0.15) is 5.10 Å². The lowest BCUT2D eigenvalue weighted by Crippen LogP contribution is -2.47. The maximum atomic E-state index is 13.3. The Bertz CT molecular complexity index is 1840. The molecule has 0 aliphatic heterocycles. The van der Waals surface area contributed by atoms with E-state index in [-0.39, 0.29) is 42.4 Å². The van der Waals surface area contributed by atoms with Crippen molar-refractivity contribution in [1.29, 1.82) is 0 Å². The molecular weight excluding hydrogens is 590 g/mol. The summed E-state index contributed by atoms with van der Waals surface area (Å²) in [5.74, 6) is -0.532. The van der Waals surface area contributed by atoms with Crippen molar-refractivity contribution in [3.8, 4) is 11.5 Å². The molecule has 12 heteroatoms. The number of carbonyl (C=O) groups is 2. The van der Waals surface area contributed by atoms with Gasteiger partial charge in [0.2, 0.25) is 5.75 Å². The summed E-state index contributed by atoms with van der Waals surface area (Å²) < 4.78 is 16.5. The second kappa shape index (κ2) is 15.0. The molecule has 0 radical (unpaired) electrons. The Morgan fingerprint density at radius 1 is 0.957 bits per heavy atom. The van der Waals surface area contributed by atoms with Gasteiger partial charge in [-0.25, -0.2) is 10.2 Å². The first-order chi connectivity index (χ1) is 22.4. The zero-order valence-corrected chi connectivity index (χ0v) is 24.8. The van der Waals surface area contributed by atoms with E-state index in [0.29, 0.717) is 0 Å². The third-order valence-electron chi connectivity index (χ3n) is 7.01. The number of amides is 2. The highest BCUT2D eigenvalue weighted by molar-refractivity contribution is 5.90. The minimum Gasteiger partial charge on any atom is -0.493 e. The van der Waals surface area contributed by atoms with E-state index in [9.17, 15) is 19.7 Å². The molecular formula is C34H31N5O7. The predicted molar refractivity (Wildman–Crippen MR) is 172 cm³/mol. The lowest BCUT2D eigenvalue weighted by atomic mass is 10.0. The number of aromatic amines is 1. The van der Waals surface area contributed by atoms with E-state index in [1.165, 1.54) is 25.5 Å². The Morgan fingerprint density at radius 3 is 2.33 bits per heavy atom. The first-order valence-corrected chi connectivity index (χ1v) is 14.3. The number of nitrogens with one attached hydrogen (secondary N) is 3. The molecule has 0 aliphatic carbocycles. The number of H-pyrrole nitrogens is 1. The zero-order valence-electron chi connectivity index (χ0n) is 24.8. The summed E-state index contributed by atoms with van der Waals surface area (Å²) in [5, 5.41) is 19.5. The van der Waals surface area contributed by atoms with Crippen LogP contribution in [-0.2, 0) is 29.2 Å². The van der Waals surface area contributed by atoms with Crippen LogP contribution in [0.4, 0.5) is 10.5 Å². The van der Waals surface area contributed by atoms with Gasteiger partial charge >= 0.3 is 11.8 Å². The Labute approximate surface area is 264 Å². The van der Waals surface area contributed by atoms with Gasteiger partial charge in [-0.1, -0.05) is 78.9 Å². The molecule has 1 heterocycles. The average Bonchev–Trinajstić information content (AvgIpc) is 3.49. The minimum atomic E-state index is -1.06. The van der Waals surface area contributed by atoms with Gasteiger partial charge in [0.05, 0.1) is 18.2 Å². The molecule has 4 aromatic carbocycles. The number of aromatic nitrogens is 1. The van der Waals surface area contributed by atoms with Crippen LogP contribution >= 0.6 is 0 Å². The van der Waals surface area contributed by atoms with E-state index >= 15 is 0 Å². The van der Waals surface area contributed by atoms with Crippen LogP contribution in [0.3, 0.4) is 0 Å². The number of ether oxygens (including phenoxy) is 3. The molecule has 3 N–H and O–H groups in total. The fourth-order valence-corrected chi connectivity index (χ4v) is 4.73. The van der Waals surface area contributed by atoms with Crippen molar-refractivity contribution in [1.82, 2.24) is 15.7 Å². The fourth-order valence-electron chi connectivity index (χ4n) is 4.73. The van der Waals surface area contributed by atoms with E-state index < -0.39 is 23.0 Å². The van der Waals surface area contributed by atoms with Crippen molar-refractivity contribution in [3.05, 3.63) is 136 Å². The van der Waals surface area contributed by atoms with Crippen LogP contribution < -0.4 is 20.2 Å². The monoisotopic (exact) mass is 621 g/mol. The highest BCUT2D eigenvalue weighted by atomic mass is 16.6. The largest absolute Gasteiger partial charge is 0.493 e. The van der Waals surface area contributed by atoms with Crippen molar-refractivity contribution < 1.29 is 28.7 Å². The number of hydrogen-bond donors (Lipinski definition) is 3. The zero-order chi connectivity index (χ0) is 32.3. The number of alkyl carbamates (subject to hydrolysis) is 1. The molecule has 0 saturated carbocycles. The first kappa shape index (κ1) is 31.3. The van der Waals surface area contributed by atoms with Crippen LogP contribution in [0, 0.1) is 10.1 Å². The van der Waals surface area contributed by atoms with Gasteiger partial charge < -0.3 is 24.5 Å². The number of methoxy groups -OCH3 is 1. The maximum absolute atomic E-state index is 13.3. The summed E-state index contributed by atoms with van der Waals surface area (Å²) in [7, 11) is 1.37. The Morgan fingerprint density at radius 2 is 1.63 bits per heavy atom. The number of nitro groups is 1. The van der Waals surface area contributed by atoms with Crippen LogP contribution in [0.5, 0.6) is 11.5 Å². The van der Waals surface area contributed by atoms with Crippen molar-refractivity contribution in [2.24, 2.45) is 5.10 Å². The number of fused-ring (bicyclic) bond motifs is 1. The summed E-state index contributed by atoms with van der Waals surface area (Å²) in [5.41, 5.74) is 5.67. The number of hydrogen-bond acceptors (Lipinski definition) is 8. The van der Waals surface area contributed by atoms with E-state index in [1.807, 2.05) is 84.9 Å². The lowest BCUT2D eigenvalue weighted by molar-refractivity contribution is -0.386. The number of para-hydroxylation sites is 1. The average molecular weight is 622 g/mol. The fraction of sp³-hybridized carbons (Fsp3) is 0.147. The van der Waals surface area contributed by atoms with E-state index in [4.69, 9.17) is 14.2 Å². The summed E-state index contributed by atoms with van der Waals surface area (Å²) in [6, 6.07) is 27.7. The SMILES string of the molecule is COc1cc(/C=N/NC(=O)C(Cc2c[nH]c3ccccc23)NC(=O)OCc2ccccc2)cc([N+](=O)[O-])c1OCc1ccccc1. The van der Waals surface area contributed by atoms with Gasteiger partial charge in [0.25, 0.3) is 5.91 Å². The third-order valence-corrected chi connectivity index (χ3v) is 7.01. The van der Waals surface area contributed by atoms with Crippen molar-refractivity contribution in [3.63, 3.8) is 0 Å². The Kier molecular flexibility index (Phi) is 10.2. The first-order valence-electron chi connectivity index (χ1n) is 14.3. The number of nitrogens with zero attached hydrogens (tertiary/aromatic N) is 2. The molecule has 1 atom stereocenters. The van der Waals surface area contributed by atoms with Crippen LogP contribution in [0.2, 0.25) is 0 Å². The molecule has 234 valence electrons. The summed E-state index contributed by atoms with van der Waals surface area (Å²) >= 11 is 0. The molecule has 5 rings (SSSR count). The quantitative estimate of drug-likeness (QED) is 0.0871. The molecule has 2 amide bonds. The van der Waals surface area contributed by atoms with E-state index in [1.54, 1.807) is 6.20 Å². The lowest BCUT2D eigenvalue weighted by Gasteiger charge is -2.17. The van der Waals surface area contributed by atoms with E-state index in [0.717, 1.165) is 27.6 Å². The maximum Gasteiger partial charge on any atom is 0.408 e. The highest BCUT2D eigenvalue weighted by Crippen LogP contribution is 2.38. The summed E-state index contributed by atoms with van der Waals surface area (Å²) in [4.78, 5) is 40.5. The normalized spacial score (nSPS) is 11.6. The molecule has 1 unspecified atom stereocenters. The summed E-state index contributed by atoms with van der Waals surface area (Å²) in [6.07, 6.45) is 2.38. The van der Waals surface area contributed by atoms with Gasteiger partial charge in [0.1, 0.15) is 19.3 Å². The molecule has 0 bridgehead atoms. The van der Waals surface area contributed by atoms with Crippen LogP contribution in [0.15, 0.2) is 108 Å². The summed E-state index contributed by atoms with van der Waals surface area (Å²) in [6.45, 7) is 0.123. The molecule has 0 fully saturated rings. The minimum absolute atomic E-state index is 0.0257. The van der Waals surface area contributed by atoms with E-state index in [2.05, 4.69) is 20.8 Å². The van der Waals surface area contributed by atoms with Crippen molar-refractivity contribution >= 4 is 34.8 Å². The van der Waals surface area contributed by atoms with Crippen LogP contribution in [0.25, 0.3) is 10.9 Å². The molecule has 12 nitrogen and oxygen atoms in total. The second-order valence-electron chi connectivity index (χ2n) is 10.2. The van der Waals surface area contributed by atoms with Crippen LogP contribution in [0.1, 0.15) is 22.3 Å². The van der Waals surface area contributed by atoms with Gasteiger partial charge in [-0.15, -0.1) is 0 Å².